The minimum absolute atomic E-state index is 0.0625. The van der Waals surface area contributed by atoms with Gasteiger partial charge in [-0.15, -0.1) is 0 Å². The molecule has 0 amide bonds. The number of carbonyl (C=O) groups excluding carboxylic acids is 3. The summed E-state index contributed by atoms with van der Waals surface area (Å²) in [6.07, 6.45) is 26.4. The second kappa shape index (κ2) is 22.1. The van der Waals surface area contributed by atoms with Gasteiger partial charge < -0.3 is 23.7 Å². The molecule has 56 heavy (non-hydrogen) atoms. The van der Waals surface area contributed by atoms with E-state index < -0.39 is 23.1 Å². The van der Waals surface area contributed by atoms with Crippen molar-refractivity contribution in [3.8, 4) is 0 Å². The molecule has 9 heteroatoms. The highest BCUT2D eigenvalue weighted by molar-refractivity contribution is 5.73. The van der Waals surface area contributed by atoms with Crippen LogP contribution in [0.15, 0.2) is 0 Å². The lowest BCUT2D eigenvalue weighted by Gasteiger charge is -2.54. The third-order valence-corrected chi connectivity index (χ3v) is 14.5. The molecule has 6 bridgehead atoms. The summed E-state index contributed by atoms with van der Waals surface area (Å²) in [5.41, 5.74) is -2.22. The van der Waals surface area contributed by atoms with Gasteiger partial charge in [-0.25, -0.2) is 0 Å². The number of fused-ring (bicyclic) bond motifs is 4. The van der Waals surface area contributed by atoms with Crippen LogP contribution in [-0.2, 0) is 38.1 Å². The van der Waals surface area contributed by atoms with E-state index >= 15 is 0 Å². The molecule has 0 aromatic carbocycles. The van der Waals surface area contributed by atoms with Gasteiger partial charge in [-0.05, 0) is 114 Å². The van der Waals surface area contributed by atoms with E-state index in [4.69, 9.17) is 23.7 Å². The van der Waals surface area contributed by atoms with Crippen LogP contribution in [0.5, 0.6) is 0 Å². The van der Waals surface area contributed by atoms with Gasteiger partial charge in [0.25, 0.3) is 0 Å². The summed E-state index contributed by atoms with van der Waals surface area (Å²) in [7, 11) is 0. The van der Waals surface area contributed by atoms with Crippen LogP contribution in [0, 0.1) is 17.3 Å². The SMILES string of the molecule is CCCCCCCCOC(CCC(=O)OC12CCC3(OC(=O)CN(CC)CC)CC(C1)CC(OC(=O)CC14CCC(CC1)CC4)(C2)C3)OCCCCCCCC. The van der Waals surface area contributed by atoms with Crippen LogP contribution in [0.4, 0.5) is 0 Å². The second-order valence-corrected chi connectivity index (χ2v) is 19.2. The lowest BCUT2D eigenvalue weighted by molar-refractivity contribution is -0.215. The molecule has 4 atom stereocenters. The molecule has 0 aromatic rings. The average molecular weight is 788 g/mol. The third-order valence-electron chi connectivity index (χ3n) is 14.5. The molecule has 0 radical (unpaired) electrons. The summed E-state index contributed by atoms with van der Waals surface area (Å²) in [6.45, 7) is 11.7. The minimum atomic E-state index is -0.809. The van der Waals surface area contributed by atoms with E-state index in [1.54, 1.807) is 0 Å². The fraction of sp³-hybridized carbons (Fsp3) is 0.936. The lowest BCUT2D eigenvalue weighted by atomic mass is 9.59. The Morgan fingerprint density at radius 1 is 0.571 bits per heavy atom. The van der Waals surface area contributed by atoms with E-state index in [1.807, 2.05) is 0 Å². The van der Waals surface area contributed by atoms with Gasteiger partial charge in [0.05, 0.1) is 19.4 Å². The molecule has 0 saturated heterocycles. The standard InChI is InChI=1S/C47H81NO8/c1-5-9-11-13-15-17-29-52-43(53-30-18-16-14-12-10-6-2)20-19-40(49)54-45-27-28-46(56-42(51)35-48(7-3)8-4)32-39(31-45)33-47(36-45,37-46)55-41(50)34-44-24-21-38(22-25-44)23-26-44/h38-39,43H,5-37H2,1-4H3. The van der Waals surface area contributed by atoms with Crippen LogP contribution in [0.1, 0.15) is 207 Å². The van der Waals surface area contributed by atoms with E-state index in [-0.39, 0.29) is 42.2 Å². The van der Waals surface area contributed by atoms with Gasteiger partial charge in [0.15, 0.2) is 6.29 Å². The number of nitrogens with zero attached hydrogens (tertiary/aromatic N) is 1. The number of hydrogen-bond donors (Lipinski definition) is 0. The van der Waals surface area contributed by atoms with E-state index in [1.165, 1.54) is 70.6 Å². The number of likely N-dealkylation sites (N-methyl/N-ethyl adjacent to an activating group) is 1. The molecule has 4 unspecified atom stereocenters. The van der Waals surface area contributed by atoms with Gasteiger partial charge >= 0.3 is 17.9 Å². The van der Waals surface area contributed by atoms with Gasteiger partial charge in [0.2, 0.25) is 0 Å². The summed E-state index contributed by atoms with van der Waals surface area (Å²) < 4.78 is 32.3. The van der Waals surface area contributed by atoms with Crippen LogP contribution < -0.4 is 0 Å². The van der Waals surface area contributed by atoms with Gasteiger partial charge in [0.1, 0.15) is 16.8 Å². The molecule has 0 N–H and O–H groups in total. The van der Waals surface area contributed by atoms with Crippen molar-refractivity contribution in [3.63, 3.8) is 0 Å². The van der Waals surface area contributed by atoms with Gasteiger partial charge in [-0.1, -0.05) is 91.9 Å². The van der Waals surface area contributed by atoms with Gasteiger partial charge in [-0.3, -0.25) is 19.3 Å². The molecule has 322 valence electrons. The van der Waals surface area contributed by atoms with Crippen molar-refractivity contribution in [2.45, 2.75) is 231 Å². The Hall–Kier alpha value is -1.71. The first kappa shape index (κ1) is 45.4. The maximum absolute atomic E-state index is 14.0. The van der Waals surface area contributed by atoms with Crippen molar-refractivity contribution in [1.29, 1.82) is 0 Å². The molecular weight excluding hydrogens is 707 g/mol. The second-order valence-electron chi connectivity index (χ2n) is 19.2. The highest BCUT2D eigenvalue weighted by Gasteiger charge is 2.64. The van der Waals surface area contributed by atoms with Crippen molar-refractivity contribution in [1.82, 2.24) is 4.90 Å². The topological polar surface area (TPSA) is 101 Å². The number of hydrogen-bond acceptors (Lipinski definition) is 9. The smallest absolute Gasteiger partial charge is 0.320 e. The lowest BCUT2D eigenvalue weighted by Crippen LogP contribution is -2.58. The third kappa shape index (κ3) is 13.4. The molecule has 7 rings (SSSR count). The number of esters is 3. The molecule has 7 aliphatic rings. The van der Waals surface area contributed by atoms with Crippen molar-refractivity contribution >= 4 is 17.9 Å². The Bertz CT molecular complexity index is 1180. The largest absolute Gasteiger partial charge is 0.459 e. The van der Waals surface area contributed by atoms with Crippen molar-refractivity contribution in [3.05, 3.63) is 0 Å². The highest BCUT2D eigenvalue weighted by atomic mass is 16.7. The fourth-order valence-electron chi connectivity index (χ4n) is 11.6. The van der Waals surface area contributed by atoms with E-state index in [0.717, 1.165) is 76.8 Å². The summed E-state index contributed by atoms with van der Waals surface area (Å²) in [5.74, 6) is 0.388. The van der Waals surface area contributed by atoms with Crippen molar-refractivity contribution in [2.24, 2.45) is 17.3 Å². The summed E-state index contributed by atoms with van der Waals surface area (Å²) in [4.78, 5) is 43.5. The molecule has 0 aliphatic heterocycles. The van der Waals surface area contributed by atoms with Crippen molar-refractivity contribution < 1.29 is 38.1 Å². The van der Waals surface area contributed by atoms with Crippen LogP contribution in [0.2, 0.25) is 0 Å². The average Bonchev–Trinajstić information content (AvgIpc) is 3.33. The molecule has 0 spiro atoms. The van der Waals surface area contributed by atoms with Crippen LogP contribution in [-0.4, -0.2) is 78.7 Å². The quantitative estimate of drug-likeness (QED) is 0.0332. The highest BCUT2D eigenvalue weighted by Crippen LogP contribution is 2.61. The van der Waals surface area contributed by atoms with Gasteiger partial charge in [0, 0.05) is 32.5 Å². The molecular formula is C47H81NO8. The number of unbranched alkanes of at least 4 members (excludes halogenated alkanes) is 10. The molecule has 7 aliphatic carbocycles. The number of rotatable bonds is 28. The molecule has 0 aromatic heterocycles. The first-order chi connectivity index (χ1) is 27.1. The zero-order valence-electron chi connectivity index (χ0n) is 36.3. The Morgan fingerprint density at radius 2 is 1.05 bits per heavy atom. The zero-order chi connectivity index (χ0) is 39.9. The normalized spacial score (nSPS) is 30.5. The van der Waals surface area contributed by atoms with Gasteiger partial charge in [-0.2, -0.15) is 0 Å². The Balaban J connectivity index is 1.23. The minimum Gasteiger partial charge on any atom is -0.459 e. The zero-order valence-corrected chi connectivity index (χ0v) is 36.3. The summed E-state index contributed by atoms with van der Waals surface area (Å²) >= 11 is 0. The molecule has 9 nitrogen and oxygen atoms in total. The van der Waals surface area contributed by atoms with E-state index in [2.05, 4.69) is 32.6 Å². The van der Waals surface area contributed by atoms with E-state index in [9.17, 15) is 14.4 Å². The first-order valence-electron chi connectivity index (χ1n) is 23.7. The fourth-order valence-corrected chi connectivity index (χ4v) is 11.6. The van der Waals surface area contributed by atoms with Crippen LogP contribution in [0.3, 0.4) is 0 Å². The van der Waals surface area contributed by atoms with E-state index in [0.29, 0.717) is 58.2 Å². The summed E-state index contributed by atoms with van der Waals surface area (Å²) in [5, 5.41) is 0. The first-order valence-corrected chi connectivity index (χ1v) is 23.7. The van der Waals surface area contributed by atoms with Crippen molar-refractivity contribution in [2.75, 3.05) is 32.8 Å². The predicted molar refractivity (Wildman–Crippen MR) is 220 cm³/mol. The Morgan fingerprint density at radius 3 is 1.59 bits per heavy atom. The van der Waals surface area contributed by atoms with Crippen LogP contribution in [0.25, 0.3) is 0 Å². The number of ether oxygens (including phenoxy) is 5. The van der Waals surface area contributed by atoms with Crippen LogP contribution >= 0.6 is 0 Å². The molecule has 0 heterocycles. The summed E-state index contributed by atoms with van der Waals surface area (Å²) in [6, 6.07) is 0. The predicted octanol–water partition coefficient (Wildman–Crippen LogP) is 10.8. The maximum Gasteiger partial charge on any atom is 0.320 e. The Kier molecular flexibility index (Phi) is 17.9. The number of carbonyl (C=O) groups is 3. The maximum atomic E-state index is 14.0. The molecule has 7 fully saturated rings. The molecule has 7 saturated carbocycles. The Labute approximate surface area is 340 Å². The monoisotopic (exact) mass is 788 g/mol.